The zero-order valence-corrected chi connectivity index (χ0v) is 19.8. The predicted molar refractivity (Wildman–Crippen MR) is 128 cm³/mol. The molecule has 9 heteroatoms. The van der Waals surface area contributed by atoms with Crippen molar-refractivity contribution in [3.05, 3.63) is 29.3 Å². The molecule has 3 saturated heterocycles. The highest BCUT2D eigenvalue weighted by Crippen LogP contribution is 2.31. The smallest absolute Gasteiger partial charge is 0.255 e. The van der Waals surface area contributed by atoms with E-state index in [9.17, 15) is 14.4 Å². The second-order valence-electron chi connectivity index (χ2n) is 9.74. The molecule has 2 N–H and O–H groups in total. The number of anilines is 1. The van der Waals surface area contributed by atoms with Crippen molar-refractivity contribution < 1.29 is 19.1 Å². The van der Waals surface area contributed by atoms with Crippen LogP contribution >= 0.6 is 0 Å². The number of carbonyl (C=O) groups is 3. The van der Waals surface area contributed by atoms with Gasteiger partial charge in [-0.2, -0.15) is 0 Å². The normalized spacial score (nSPS) is 24.5. The maximum atomic E-state index is 12.9. The average molecular weight is 470 g/mol. The lowest BCUT2D eigenvalue weighted by Gasteiger charge is -2.36. The van der Waals surface area contributed by atoms with Gasteiger partial charge in [0.15, 0.2) is 0 Å². The topological polar surface area (TPSA) is 94.2 Å². The predicted octanol–water partition coefficient (Wildman–Crippen LogP) is 0.728. The van der Waals surface area contributed by atoms with E-state index in [0.29, 0.717) is 24.6 Å². The third-order valence-electron chi connectivity index (χ3n) is 7.50. The summed E-state index contributed by atoms with van der Waals surface area (Å²) in [6.45, 7) is 8.42. The van der Waals surface area contributed by atoms with Crippen molar-refractivity contribution in [1.82, 2.24) is 20.4 Å². The molecule has 184 valence electrons. The third-order valence-corrected chi connectivity index (χ3v) is 7.50. The number of hydrogen-bond acceptors (Lipinski definition) is 7. The highest BCUT2D eigenvalue weighted by Gasteiger charge is 2.39. The monoisotopic (exact) mass is 469 g/mol. The Morgan fingerprint density at radius 2 is 1.79 bits per heavy atom. The van der Waals surface area contributed by atoms with E-state index in [1.807, 2.05) is 12.1 Å². The first-order valence-electron chi connectivity index (χ1n) is 12.7. The van der Waals surface area contributed by atoms with E-state index in [1.165, 1.54) is 0 Å². The minimum atomic E-state index is -0.566. The van der Waals surface area contributed by atoms with Gasteiger partial charge in [-0.05, 0) is 62.5 Å². The Labute approximate surface area is 200 Å². The number of hydrogen-bond donors (Lipinski definition) is 2. The molecule has 4 aliphatic rings. The number of fused-ring (bicyclic) bond motifs is 1. The van der Waals surface area contributed by atoms with E-state index in [4.69, 9.17) is 4.74 Å². The zero-order chi connectivity index (χ0) is 23.5. The summed E-state index contributed by atoms with van der Waals surface area (Å²) in [4.78, 5) is 43.1. The molecular formula is C25H35N5O4. The number of amides is 3. The summed E-state index contributed by atoms with van der Waals surface area (Å²) in [5.74, 6) is -0.747. The molecule has 0 radical (unpaired) electrons. The second-order valence-corrected chi connectivity index (χ2v) is 9.74. The Hall–Kier alpha value is -2.49. The molecule has 0 saturated carbocycles. The van der Waals surface area contributed by atoms with Gasteiger partial charge in [-0.25, -0.2) is 0 Å². The first-order chi connectivity index (χ1) is 16.6. The molecule has 0 aliphatic carbocycles. The lowest BCUT2D eigenvalue weighted by atomic mass is 10.0. The lowest BCUT2D eigenvalue weighted by Crippen LogP contribution is -2.52. The van der Waals surface area contributed by atoms with E-state index in [0.717, 1.165) is 82.9 Å². The fourth-order valence-corrected chi connectivity index (χ4v) is 5.49. The Kier molecular flexibility index (Phi) is 7.12. The summed E-state index contributed by atoms with van der Waals surface area (Å²) < 4.78 is 6.03. The van der Waals surface area contributed by atoms with Crippen molar-refractivity contribution in [2.75, 3.05) is 57.3 Å². The molecule has 1 aromatic carbocycles. The van der Waals surface area contributed by atoms with Crippen LogP contribution in [0.3, 0.4) is 0 Å². The fourth-order valence-electron chi connectivity index (χ4n) is 5.49. The van der Waals surface area contributed by atoms with Gasteiger partial charge in [-0.15, -0.1) is 0 Å². The van der Waals surface area contributed by atoms with Crippen LogP contribution < -0.4 is 15.5 Å². The van der Waals surface area contributed by atoms with Crippen molar-refractivity contribution >= 4 is 23.4 Å². The maximum absolute atomic E-state index is 12.9. The van der Waals surface area contributed by atoms with Crippen molar-refractivity contribution in [2.24, 2.45) is 0 Å². The van der Waals surface area contributed by atoms with Crippen LogP contribution in [0.4, 0.5) is 5.69 Å². The minimum Gasteiger partial charge on any atom is -0.378 e. The molecule has 3 fully saturated rings. The number of ether oxygens (including phenoxy) is 1. The van der Waals surface area contributed by atoms with Crippen LogP contribution in [0.1, 0.15) is 48.0 Å². The molecule has 0 aromatic heterocycles. The summed E-state index contributed by atoms with van der Waals surface area (Å²) in [6.07, 6.45) is 4.40. The second kappa shape index (κ2) is 10.4. The first-order valence-corrected chi connectivity index (χ1v) is 12.7. The lowest BCUT2D eigenvalue weighted by molar-refractivity contribution is -0.136. The van der Waals surface area contributed by atoms with E-state index in [-0.39, 0.29) is 24.1 Å². The summed E-state index contributed by atoms with van der Waals surface area (Å²) in [5, 5.41) is 5.73. The standard InChI is InChI=1S/C25H35N5O4/c31-23-5-4-22(24(32)27-23)30-17-18-16-19(2-3-21(18)25(30)33)29-13-11-28(12-14-29)10-1-15-34-20-6-8-26-9-7-20/h2-3,16,20,22,26H,1,4-15,17H2,(H,27,31,32). The van der Waals surface area contributed by atoms with Crippen molar-refractivity contribution in [3.8, 4) is 0 Å². The summed E-state index contributed by atoms with van der Waals surface area (Å²) in [7, 11) is 0. The van der Waals surface area contributed by atoms with Crippen LogP contribution in [0, 0.1) is 0 Å². The molecule has 34 heavy (non-hydrogen) atoms. The Balaban J connectivity index is 1.10. The van der Waals surface area contributed by atoms with E-state index in [2.05, 4.69) is 26.5 Å². The number of nitrogens with one attached hydrogen (secondary N) is 2. The first kappa shape index (κ1) is 23.3. The largest absolute Gasteiger partial charge is 0.378 e. The molecule has 4 aliphatic heterocycles. The Morgan fingerprint density at radius 1 is 1.00 bits per heavy atom. The molecule has 1 aromatic rings. The van der Waals surface area contributed by atoms with Crippen LogP contribution in [0.5, 0.6) is 0 Å². The molecule has 0 spiro atoms. The van der Waals surface area contributed by atoms with E-state index >= 15 is 0 Å². The number of imide groups is 1. The van der Waals surface area contributed by atoms with Crippen molar-refractivity contribution in [1.29, 1.82) is 0 Å². The molecule has 3 amide bonds. The van der Waals surface area contributed by atoms with E-state index in [1.54, 1.807) is 4.90 Å². The number of carbonyl (C=O) groups excluding carboxylic acids is 3. The number of benzene rings is 1. The van der Waals surface area contributed by atoms with Crippen LogP contribution in [0.2, 0.25) is 0 Å². The average Bonchev–Trinajstić information content (AvgIpc) is 3.18. The number of nitrogens with zero attached hydrogens (tertiary/aromatic N) is 3. The van der Waals surface area contributed by atoms with Gasteiger partial charge < -0.3 is 19.9 Å². The zero-order valence-electron chi connectivity index (χ0n) is 19.8. The van der Waals surface area contributed by atoms with Gasteiger partial charge in [0.2, 0.25) is 11.8 Å². The molecule has 1 unspecified atom stereocenters. The van der Waals surface area contributed by atoms with Gasteiger partial charge in [-0.3, -0.25) is 24.6 Å². The fraction of sp³-hybridized carbons (Fsp3) is 0.640. The highest BCUT2D eigenvalue weighted by molar-refractivity contribution is 6.05. The molecule has 0 bridgehead atoms. The van der Waals surface area contributed by atoms with Crippen LogP contribution in [0.25, 0.3) is 0 Å². The third kappa shape index (κ3) is 5.11. The van der Waals surface area contributed by atoms with Crippen molar-refractivity contribution in [3.63, 3.8) is 0 Å². The maximum Gasteiger partial charge on any atom is 0.255 e. The number of piperazine rings is 1. The Morgan fingerprint density at radius 3 is 2.56 bits per heavy atom. The summed E-state index contributed by atoms with van der Waals surface area (Å²) >= 11 is 0. The Bertz CT molecular complexity index is 924. The number of piperidine rings is 2. The molecule has 9 nitrogen and oxygen atoms in total. The van der Waals surface area contributed by atoms with Crippen LogP contribution in [-0.2, 0) is 20.9 Å². The molecular weight excluding hydrogens is 434 g/mol. The van der Waals surface area contributed by atoms with Gasteiger partial charge in [-0.1, -0.05) is 0 Å². The highest BCUT2D eigenvalue weighted by atomic mass is 16.5. The molecule has 5 rings (SSSR count). The van der Waals surface area contributed by atoms with Gasteiger partial charge in [0.05, 0.1) is 6.10 Å². The van der Waals surface area contributed by atoms with Gasteiger partial charge in [0, 0.05) is 63.5 Å². The van der Waals surface area contributed by atoms with Gasteiger partial charge in [0.1, 0.15) is 6.04 Å². The molecule has 1 atom stereocenters. The van der Waals surface area contributed by atoms with E-state index < -0.39 is 6.04 Å². The summed E-state index contributed by atoms with van der Waals surface area (Å²) in [6, 6.07) is 5.45. The minimum absolute atomic E-state index is 0.118. The molecule has 4 heterocycles. The quantitative estimate of drug-likeness (QED) is 0.449. The SMILES string of the molecule is O=C1CCC(N2Cc3cc(N4CCN(CCCOC5CCNCC5)CC4)ccc3C2=O)C(=O)N1. The summed E-state index contributed by atoms with van der Waals surface area (Å²) in [5.41, 5.74) is 2.76. The number of rotatable bonds is 7. The van der Waals surface area contributed by atoms with Crippen LogP contribution in [-0.4, -0.2) is 92.1 Å². The van der Waals surface area contributed by atoms with Gasteiger partial charge in [0.25, 0.3) is 5.91 Å². The van der Waals surface area contributed by atoms with Crippen molar-refractivity contribution in [2.45, 2.75) is 50.8 Å². The van der Waals surface area contributed by atoms with Gasteiger partial charge >= 0.3 is 0 Å². The van der Waals surface area contributed by atoms with Crippen LogP contribution in [0.15, 0.2) is 18.2 Å².